The summed E-state index contributed by atoms with van der Waals surface area (Å²) in [6.07, 6.45) is 7.05. The minimum Gasteiger partial charge on any atom is -0.497 e. The molecule has 2 aliphatic heterocycles. The summed E-state index contributed by atoms with van der Waals surface area (Å²) in [6, 6.07) is 54.7. The molecule has 12 N–H and O–H groups in total. The van der Waals surface area contributed by atoms with Gasteiger partial charge in [0.05, 0.1) is 31.3 Å². The zero-order valence-corrected chi connectivity index (χ0v) is 62.4. The first-order chi connectivity index (χ1) is 53.3. The maximum absolute atomic E-state index is 6.10. The third kappa shape index (κ3) is 18.2. The molecule has 16 rings (SSSR count). The Bertz CT molecular complexity index is 5240. The number of thiazole rings is 2. The monoisotopic (exact) mass is 1500 g/mol. The number of ether oxygens (including phenoxy) is 4. The van der Waals surface area contributed by atoms with Crippen LogP contribution in [-0.2, 0) is 0 Å². The molecule has 10 heterocycles. The van der Waals surface area contributed by atoms with E-state index in [-0.39, 0.29) is 24.6 Å². The van der Waals surface area contributed by atoms with Gasteiger partial charge in [-0.25, -0.2) is 19.9 Å². The first-order valence-electron chi connectivity index (χ1n) is 35.1. The van der Waals surface area contributed by atoms with Crippen LogP contribution in [0.3, 0.4) is 0 Å². The number of hydrogen-bond donors (Lipinski definition) is 8. The smallest absolute Gasteiger partial charge is 0.255 e. The lowest BCUT2D eigenvalue weighted by Gasteiger charge is -2.27. The topological polar surface area (TPSA) is 386 Å². The second-order valence-electron chi connectivity index (χ2n) is 24.1. The summed E-state index contributed by atoms with van der Waals surface area (Å²) in [6.45, 7) is 14.8. The number of aromatic nitrogens is 17. The number of nitrogens with zero attached hydrogens (tertiary/aromatic N) is 20. The summed E-state index contributed by atoms with van der Waals surface area (Å²) in [5.41, 5.74) is 33.6. The number of rotatable bonds is 23. The second kappa shape index (κ2) is 35.0. The van der Waals surface area contributed by atoms with Gasteiger partial charge in [0.2, 0.25) is 64.6 Å². The predicted octanol–water partition coefficient (Wildman–Crippen LogP) is 13.2. The Morgan fingerprint density at radius 3 is 1.47 bits per heavy atom. The molecule has 1 fully saturated rings. The molecule has 6 aromatic carbocycles. The minimum absolute atomic E-state index is 0.229. The molecule has 14 aromatic rings. The highest BCUT2D eigenvalue weighted by molar-refractivity contribution is 7.12. The number of nitrogens with one attached hydrogen (secondary N) is 4. The van der Waals surface area contributed by atoms with Gasteiger partial charge in [-0.2, -0.15) is 43.6 Å². The number of pyridine rings is 1. The molecular formula is C75H82N28O4S2. The predicted molar refractivity (Wildman–Crippen MR) is 430 cm³/mol. The third-order valence-electron chi connectivity index (χ3n) is 17.2. The summed E-state index contributed by atoms with van der Waals surface area (Å²) < 4.78 is 27.2. The van der Waals surface area contributed by atoms with E-state index in [2.05, 4.69) is 153 Å². The molecule has 0 spiro atoms. The molecule has 0 atom stereocenters. The zero-order chi connectivity index (χ0) is 75.6. The maximum atomic E-state index is 6.10. The van der Waals surface area contributed by atoms with Crippen LogP contribution in [0.25, 0.3) is 44.5 Å². The van der Waals surface area contributed by atoms with Gasteiger partial charge >= 0.3 is 0 Å². The van der Waals surface area contributed by atoms with Crippen molar-refractivity contribution < 1.29 is 18.9 Å². The first-order valence-corrected chi connectivity index (χ1v) is 36.9. The van der Waals surface area contributed by atoms with Crippen molar-refractivity contribution in [3.63, 3.8) is 0 Å². The van der Waals surface area contributed by atoms with Crippen LogP contribution in [0.5, 0.6) is 23.0 Å². The number of hydrogen-bond acceptors (Lipinski definition) is 30. The number of nitrogen functional groups attached to an aromatic ring is 4. The van der Waals surface area contributed by atoms with Gasteiger partial charge in [-0.05, 0) is 138 Å². The van der Waals surface area contributed by atoms with E-state index < -0.39 is 0 Å². The lowest BCUT2D eigenvalue weighted by atomic mass is 10.1. The first kappa shape index (κ1) is 73.7. The molecule has 558 valence electrons. The van der Waals surface area contributed by atoms with Crippen LogP contribution >= 0.6 is 22.7 Å². The highest BCUT2D eigenvalue weighted by Crippen LogP contribution is 2.36. The third-order valence-corrected chi connectivity index (χ3v) is 18.8. The van der Waals surface area contributed by atoms with Gasteiger partial charge in [0.1, 0.15) is 17.3 Å². The van der Waals surface area contributed by atoms with E-state index in [0.29, 0.717) is 74.7 Å². The molecule has 109 heavy (non-hydrogen) atoms. The van der Waals surface area contributed by atoms with Crippen LogP contribution in [0.15, 0.2) is 193 Å². The molecule has 0 unspecified atom stereocenters. The van der Waals surface area contributed by atoms with Gasteiger partial charge in [-0.15, -0.1) is 43.1 Å². The van der Waals surface area contributed by atoms with Crippen molar-refractivity contribution in [1.82, 2.24) is 84.0 Å². The van der Waals surface area contributed by atoms with Gasteiger partial charge in [0, 0.05) is 114 Å². The van der Waals surface area contributed by atoms with Gasteiger partial charge in [-0.3, -0.25) is 0 Å². The molecule has 0 saturated carbocycles. The molecule has 34 heteroatoms. The number of piperidine rings is 1. The minimum atomic E-state index is 0.229. The lowest BCUT2D eigenvalue weighted by Crippen LogP contribution is -2.30. The summed E-state index contributed by atoms with van der Waals surface area (Å²) in [5.74, 6) is 7.21. The summed E-state index contributed by atoms with van der Waals surface area (Å²) in [7, 11) is 3.17. The molecule has 32 nitrogen and oxygen atoms in total. The molecule has 0 bridgehead atoms. The largest absolute Gasteiger partial charge is 0.497 e. The summed E-state index contributed by atoms with van der Waals surface area (Å²) >= 11 is 2.93. The van der Waals surface area contributed by atoms with Gasteiger partial charge in [0.25, 0.3) is 5.95 Å². The molecule has 0 radical (unpaired) electrons. The molecule has 0 aliphatic carbocycles. The zero-order valence-electron chi connectivity index (χ0n) is 60.7. The Kier molecular flexibility index (Phi) is 23.6. The Morgan fingerprint density at radius 1 is 0.440 bits per heavy atom. The average Bonchev–Trinajstić information content (AvgIpc) is 1.81. The standard InChI is InChI=1S/C21H29N9.C21H23N7S.C18H14N6O2S.C15H16N6O2/c1-3-28(4-2)17-10-8-16(9-11-17)24-20-26-19(22)30(27-20)21-23-13-12-18(25-21)29-14-6-5-7-15-29;1-3-27(4-2)17-12-10-16(11-13-17)23-20-25-19(22)28(26-20)21-24-18(14-29-21)15-8-6-5-7-9-15;19-16-22-17(20-12-6-7-14-15(8-12)26-10-25-14)23-24(16)18-21-13(9-27-18)11-4-2-1-3-5-11;1-22-10-6-7-11(12(9-10)23-2)18-15-19-14(16)21(20-15)13-5-3-4-8-17-13/h8-13H,3-7,14-15H2,1-2H3,(H3,22,24,26,27);5-14H,3-4H2,1-2H3,(H3,22,23,25,26);1-9H,10H2,(H3,19,20,22,23);3-9H,1-2H3,(H3,16,18,19,20). The molecule has 8 aromatic heterocycles. The Morgan fingerprint density at radius 2 is 0.936 bits per heavy atom. The van der Waals surface area contributed by atoms with E-state index >= 15 is 0 Å². The highest BCUT2D eigenvalue weighted by atomic mass is 32.1. The van der Waals surface area contributed by atoms with E-state index in [1.54, 1.807) is 43.4 Å². The number of methoxy groups -OCH3 is 2. The molecule has 2 aliphatic rings. The van der Waals surface area contributed by atoms with E-state index in [9.17, 15) is 0 Å². The van der Waals surface area contributed by atoms with Crippen LogP contribution in [0.2, 0.25) is 0 Å². The normalized spacial score (nSPS) is 12.0. The fraction of sp³-hybridized carbons (Fsp3) is 0.213. The summed E-state index contributed by atoms with van der Waals surface area (Å²) in [5, 5.41) is 35.6. The van der Waals surface area contributed by atoms with Crippen molar-refractivity contribution in [2.45, 2.75) is 47.0 Å². The van der Waals surface area contributed by atoms with Crippen molar-refractivity contribution in [2.75, 3.05) is 119 Å². The summed E-state index contributed by atoms with van der Waals surface area (Å²) in [4.78, 5) is 46.4. The van der Waals surface area contributed by atoms with E-state index in [0.717, 1.165) is 90.4 Å². The lowest BCUT2D eigenvalue weighted by molar-refractivity contribution is 0.174. The fourth-order valence-electron chi connectivity index (χ4n) is 11.6. The van der Waals surface area contributed by atoms with Crippen LogP contribution in [0.4, 0.5) is 87.5 Å². The van der Waals surface area contributed by atoms with Crippen LogP contribution in [0, 0.1) is 0 Å². The van der Waals surface area contributed by atoms with Crippen molar-refractivity contribution in [2.24, 2.45) is 0 Å². The van der Waals surface area contributed by atoms with Crippen LogP contribution < -0.4 is 77.8 Å². The van der Waals surface area contributed by atoms with Crippen molar-refractivity contribution in [3.05, 3.63) is 193 Å². The van der Waals surface area contributed by atoms with E-state index in [1.807, 2.05) is 144 Å². The SMILES string of the molecule is CCN(CC)c1ccc(Nc2nc(N)n(-c3nc(-c4ccccc4)cs3)n2)cc1.CCN(CC)c1ccc(Nc2nc(N)n(-c3nccc(N4CCCCC4)n3)n2)cc1.COc1ccc(Nc2nc(N)n(-c3ccccn3)n2)c(OC)c1.Nc1nc(Nc2ccc3c(c2)OCO3)nn1-c1nc(-c2ccccc2)cs1. The van der Waals surface area contributed by atoms with E-state index in [1.165, 1.54) is 67.4 Å². The Balaban J connectivity index is 0.000000128. The average molecular weight is 1500 g/mol. The number of fused-ring (bicyclic) bond motifs is 1. The van der Waals surface area contributed by atoms with Crippen molar-refractivity contribution >= 4 is 110 Å². The number of benzene rings is 6. The second-order valence-corrected chi connectivity index (χ2v) is 25.8. The van der Waals surface area contributed by atoms with Crippen molar-refractivity contribution in [3.8, 4) is 67.5 Å². The molecular weight excluding hydrogens is 1420 g/mol. The number of anilines is 15. The highest BCUT2D eigenvalue weighted by Gasteiger charge is 2.21. The van der Waals surface area contributed by atoms with E-state index in [4.69, 9.17) is 41.9 Å². The maximum Gasteiger partial charge on any atom is 0.255 e. The molecule has 0 amide bonds. The van der Waals surface area contributed by atoms with Gasteiger partial charge in [-0.1, -0.05) is 66.7 Å². The van der Waals surface area contributed by atoms with Gasteiger partial charge < -0.3 is 77.8 Å². The Labute approximate surface area is 636 Å². The van der Waals surface area contributed by atoms with Crippen LogP contribution in [0.1, 0.15) is 47.0 Å². The molecule has 1 saturated heterocycles. The van der Waals surface area contributed by atoms with Crippen molar-refractivity contribution in [1.29, 1.82) is 0 Å². The fourth-order valence-corrected chi connectivity index (χ4v) is 13.2. The van der Waals surface area contributed by atoms with Gasteiger partial charge in [0.15, 0.2) is 17.3 Å². The quantitative estimate of drug-likeness (QED) is 0.0295. The van der Waals surface area contributed by atoms with Crippen LogP contribution in [-0.4, -0.2) is 144 Å². The Hall–Kier alpha value is -13.6. The number of nitrogens with two attached hydrogens (primary N) is 4.